The number of carbonyl (C=O) groups is 1. The fourth-order valence-corrected chi connectivity index (χ4v) is 2.37. The van der Waals surface area contributed by atoms with Crippen molar-refractivity contribution in [3.63, 3.8) is 0 Å². The summed E-state index contributed by atoms with van der Waals surface area (Å²) in [5, 5.41) is 15.3. The molecule has 1 aromatic carbocycles. The third kappa shape index (κ3) is 3.13. The summed E-state index contributed by atoms with van der Waals surface area (Å²) in [6, 6.07) is 9.73. The summed E-state index contributed by atoms with van der Waals surface area (Å²) >= 11 is 0. The maximum absolute atomic E-state index is 12.2. The van der Waals surface area contributed by atoms with Crippen LogP contribution < -0.4 is 5.32 Å². The lowest BCUT2D eigenvalue weighted by atomic mass is 10.2. The van der Waals surface area contributed by atoms with Gasteiger partial charge in [0.15, 0.2) is 0 Å². The van der Waals surface area contributed by atoms with Crippen molar-refractivity contribution >= 4 is 11.7 Å². The largest absolute Gasteiger partial charge is 0.309 e. The SMILES string of the molecule is Cc1nn(C)c(NC(=O)Cn2cc(-c3ccccc3)nn2)c1C. The smallest absolute Gasteiger partial charge is 0.247 e. The van der Waals surface area contributed by atoms with Crippen molar-refractivity contribution in [2.75, 3.05) is 5.32 Å². The van der Waals surface area contributed by atoms with E-state index in [9.17, 15) is 4.79 Å². The van der Waals surface area contributed by atoms with Crippen LogP contribution in [0.1, 0.15) is 11.3 Å². The van der Waals surface area contributed by atoms with Gasteiger partial charge in [0.25, 0.3) is 0 Å². The number of carbonyl (C=O) groups excluding carboxylic acids is 1. The van der Waals surface area contributed by atoms with E-state index in [1.807, 2.05) is 44.2 Å². The molecular formula is C16H18N6O. The zero-order valence-corrected chi connectivity index (χ0v) is 13.3. The molecule has 2 aromatic heterocycles. The van der Waals surface area contributed by atoms with Crippen LogP contribution in [0.25, 0.3) is 11.3 Å². The maximum Gasteiger partial charge on any atom is 0.247 e. The molecule has 3 rings (SSSR count). The highest BCUT2D eigenvalue weighted by Crippen LogP contribution is 2.17. The number of aryl methyl sites for hydroxylation is 2. The first-order valence-electron chi connectivity index (χ1n) is 7.30. The summed E-state index contributed by atoms with van der Waals surface area (Å²) in [6.07, 6.45) is 1.76. The fourth-order valence-electron chi connectivity index (χ4n) is 2.37. The number of hydrogen-bond donors (Lipinski definition) is 1. The van der Waals surface area contributed by atoms with Gasteiger partial charge in [0.2, 0.25) is 5.91 Å². The summed E-state index contributed by atoms with van der Waals surface area (Å²) in [5.74, 6) is 0.538. The van der Waals surface area contributed by atoms with E-state index in [0.717, 1.165) is 22.5 Å². The molecule has 7 heteroatoms. The molecule has 0 bridgehead atoms. The van der Waals surface area contributed by atoms with Crippen LogP contribution in [0.2, 0.25) is 0 Å². The summed E-state index contributed by atoms with van der Waals surface area (Å²) < 4.78 is 3.19. The highest BCUT2D eigenvalue weighted by atomic mass is 16.2. The summed E-state index contributed by atoms with van der Waals surface area (Å²) in [6.45, 7) is 3.94. The summed E-state index contributed by atoms with van der Waals surface area (Å²) in [7, 11) is 1.80. The Kier molecular flexibility index (Phi) is 3.92. The number of anilines is 1. The molecule has 0 saturated carbocycles. The highest BCUT2D eigenvalue weighted by molar-refractivity contribution is 5.90. The second kappa shape index (κ2) is 6.04. The van der Waals surface area contributed by atoms with E-state index in [1.54, 1.807) is 17.9 Å². The topological polar surface area (TPSA) is 77.6 Å². The van der Waals surface area contributed by atoms with E-state index in [2.05, 4.69) is 20.7 Å². The van der Waals surface area contributed by atoms with Crippen molar-refractivity contribution in [1.82, 2.24) is 24.8 Å². The number of nitrogens with zero attached hydrogens (tertiary/aromatic N) is 5. The van der Waals surface area contributed by atoms with Crippen LogP contribution in [0, 0.1) is 13.8 Å². The number of benzene rings is 1. The molecule has 0 aliphatic rings. The van der Waals surface area contributed by atoms with Gasteiger partial charge in [0.1, 0.15) is 18.1 Å². The molecule has 2 heterocycles. The Balaban J connectivity index is 1.70. The summed E-state index contributed by atoms with van der Waals surface area (Å²) in [4.78, 5) is 12.2. The van der Waals surface area contributed by atoms with E-state index >= 15 is 0 Å². The molecule has 1 N–H and O–H groups in total. The van der Waals surface area contributed by atoms with Crippen LogP contribution in [0.4, 0.5) is 5.82 Å². The molecule has 7 nitrogen and oxygen atoms in total. The van der Waals surface area contributed by atoms with Gasteiger partial charge in [-0.2, -0.15) is 5.10 Å². The molecule has 0 atom stereocenters. The van der Waals surface area contributed by atoms with Crippen LogP contribution in [-0.2, 0) is 18.4 Å². The van der Waals surface area contributed by atoms with Gasteiger partial charge >= 0.3 is 0 Å². The second-order valence-corrected chi connectivity index (χ2v) is 5.40. The van der Waals surface area contributed by atoms with Crippen molar-refractivity contribution < 1.29 is 4.79 Å². The van der Waals surface area contributed by atoms with Crippen molar-refractivity contribution in [2.24, 2.45) is 7.05 Å². The van der Waals surface area contributed by atoms with Gasteiger partial charge in [-0.05, 0) is 13.8 Å². The zero-order chi connectivity index (χ0) is 16.4. The molecule has 23 heavy (non-hydrogen) atoms. The van der Waals surface area contributed by atoms with Crippen LogP contribution in [-0.4, -0.2) is 30.7 Å². The van der Waals surface area contributed by atoms with Gasteiger partial charge in [0, 0.05) is 18.2 Å². The lowest BCUT2D eigenvalue weighted by molar-refractivity contribution is -0.117. The third-order valence-electron chi connectivity index (χ3n) is 3.69. The average Bonchev–Trinajstić information content (AvgIpc) is 3.09. The predicted molar refractivity (Wildman–Crippen MR) is 86.8 cm³/mol. The van der Waals surface area contributed by atoms with Crippen molar-refractivity contribution in [2.45, 2.75) is 20.4 Å². The molecule has 3 aromatic rings. The predicted octanol–water partition coefficient (Wildman–Crippen LogP) is 1.93. The van der Waals surface area contributed by atoms with E-state index in [4.69, 9.17) is 0 Å². The van der Waals surface area contributed by atoms with Gasteiger partial charge in [-0.25, -0.2) is 4.68 Å². The molecule has 0 spiro atoms. The molecule has 0 aliphatic heterocycles. The third-order valence-corrected chi connectivity index (χ3v) is 3.69. The minimum Gasteiger partial charge on any atom is -0.309 e. The van der Waals surface area contributed by atoms with Gasteiger partial charge in [0.05, 0.1) is 11.9 Å². The molecule has 0 fully saturated rings. The monoisotopic (exact) mass is 310 g/mol. The van der Waals surface area contributed by atoms with Crippen molar-refractivity contribution in [3.05, 3.63) is 47.8 Å². The maximum atomic E-state index is 12.2. The molecule has 118 valence electrons. The first kappa shape index (κ1) is 15.0. The van der Waals surface area contributed by atoms with Crippen LogP contribution in [0.15, 0.2) is 36.5 Å². The minimum atomic E-state index is -0.166. The lowest BCUT2D eigenvalue weighted by Crippen LogP contribution is -2.21. The van der Waals surface area contributed by atoms with Gasteiger partial charge in [-0.3, -0.25) is 9.48 Å². The Hall–Kier alpha value is -2.96. The van der Waals surface area contributed by atoms with E-state index in [0.29, 0.717) is 5.82 Å². The first-order valence-corrected chi connectivity index (χ1v) is 7.30. The number of hydrogen-bond acceptors (Lipinski definition) is 4. The summed E-state index contributed by atoms with van der Waals surface area (Å²) in [5.41, 5.74) is 3.57. The van der Waals surface area contributed by atoms with Gasteiger partial charge in [-0.1, -0.05) is 35.5 Å². The second-order valence-electron chi connectivity index (χ2n) is 5.40. The minimum absolute atomic E-state index is 0.101. The number of amides is 1. The normalized spacial score (nSPS) is 10.7. The first-order chi connectivity index (χ1) is 11.0. The Bertz CT molecular complexity index is 834. The average molecular weight is 310 g/mol. The number of aromatic nitrogens is 5. The molecule has 0 unspecified atom stereocenters. The Labute approximate surface area is 133 Å². The standard InChI is InChI=1S/C16H18N6O/c1-11-12(2)19-21(3)16(11)17-15(23)10-22-9-14(18-20-22)13-7-5-4-6-8-13/h4-9H,10H2,1-3H3,(H,17,23). The molecule has 1 amide bonds. The molecule has 0 radical (unpaired) electrons. The van der Waals surface area contributed by atoms with Crippen LogP contribution in [0.3, 0.4) is 0 Å². The zero-order valence-electron chi connectivity index (χ0n) is 13.3. The fraction of sp³-hybridized carbons (Fsp3) is 0.250. The van der Waals surface area contributed by atoms with E-state index < -0.39 is 0 Å². The number of rotatable bonds is 4. The Morgan fingerprint density at radius 3 is 2.61 bits per heavy atom. The van der Waals surface area contributed by atoms with Crippen LogP contribution >= 0.6 is 0 Å². The van der Waals surface area contributed by atoms with Crippen molar-refractivity contribution in [3.8, 4) is 11.3 Å². The van der Waals surface area contributed by atoms with Gasteiger partial charge in [-0.15, -0.1) is 5.10 Å². The molecular weight excluding hydrogens is 292 g/mol. The van der Waals surface area contributed by atoms with Crippen molar-refractivity contribution in [1.29, 1.82) is 0 Å². The van der Waals surface area contributed by atoms with Crippen LogP contribution in [0.5, 0.6) is 0 Å². The quantitative estimate of drug-likeness (QED) is 0.799. The molecule has 0 saturated heterocycles. The Morgan fingerprint density at radius 2 is 1.96 bits per heavy atom. The molecule has 0 aliphatic carbocycles. The lowest BCUT2D eigenvalue weighted by Gasteiger charge is -2.06. The van der Waals surface area contributed by atoms with Gasteiger partial charge < -0.3 is 5.32 Å². The highest BCUT2D eigenvalue weighted by Gasteiger charge is 2.13. The van der Waals surface area contributed by atoms with E-state index in [-0.39, 0.29) is 12.5 Å². The number of nitrogens with one attached hydrogen (secondary N) is 1. The van der Waals surface area contributed by atoms with E-state index in [1.165, 1.54) is 4.68 Å². The Morgan fingerprint density at radius 1 is 1.22 bits per heavy atom.